The van der Waals surface area contributed by atoms with Crippen molar-refractivity contribution in [3.05, 3.63) is 34.4 Å². The number of aryl methyl sites for hydroxylation is 1. The number of aromatic nitrogens is 3. The van der Waals surface area contributed by atoms with Crippen molar-refractivity contribution < 1.29 is 4.52 Å². The minimum Gasteiger partial charge on any atom is -0.359 e. The Bertz CT molecular complexity index is 440. The summed E-state index contributed by atoms with van der Waals surface area (Å²) in [6.07, 6.45) is 3.36. The molecule has 1 N–H and O–H groups in total. The van der Waals surface area contributed by atoms with Gasteiger partial charge in [-0.3, -0.25) is 0 Å². The maximum atomic E-state index is 5.03. The first-order chi connectivity index (χ1) is 7.24. The van der Waals surface area contributed by atoms with Gasteiger partial charge >= 0.3 is 0 Å². The molecule has 0 aromatic carbocycles. The molecule has 2 aromatic rings. The van der Waals surface area contributed by atoms with Crippen LogP contribution < -0.4 is 5.32 Å². The molecule has 6 heteroatoms. The third kappa shape index (κ3) is 2.76. The van der Waals surface area contributed by atoms with E-state index in [1.165, 1.54) is 0 Å². The molecule has 78 valence electrons. The highest BCUT2D eigenvalue weighted by Crippen LogP contribution is 2.08. The van der Waals surface area contributed by atoms with Gasteiger partial charge in [0.05, 0.1) is 16.7 Å². The summed E-state index contributed by atoms with van der Waals surface area (Å²) in [6, 6.07) is 1.87. The quantitative estimate of drug-likeness (QED) is 0.924. The minimum atomic E-state index is 0.530. The van der Waals surface area contributed by atoms with E-state index >= 15 is 0 Å². The van der Waals surface area contributed by atoms with Crippen LogP contribution in [0.3, 0.4) is 0 Å². The number of anilines is 1. The van der Waals surface area contributed by atoms with Gasteiger partial charge in [-0.2, -0.15) is 0 Å². The van der Waals surface area contributed by atoms with Gasteiger partial charge < -0.3 is 9.84 Å². The summed E-state index contributed by atoms with van der Waals surface area (Å²) in [6.45, 7) is 2.41. The van der Waals surface area contributed by atoms with E-state index in [9.17, 15) is 0 Å². The lowest BCUT2D eigenvalue weighted by atomic mass is 10.4. The number of nitrogens with zero attached hydrogens (tertiary/aromatic N) is 3. The van der Waals surface area contributed by atoms with E-state index in [-0.39, 0.29) is 0 Å². The van der Waals surface area contributed by atoms with Crippen LogP contribution in [0.4, 0.5) is 5.95 Å². The van der Waals surface area contributed by atoms with Crippen molar-refractivity contribution in [2.24, 2.45) is 0 Å². The molecule has 0 amide bonds. The Labute approximate surface area is 95.0 Å². The molecule has 0 aliphatic rings. The summed E-state index contributed by atoms with van der Waals surface area (Å²) in [5.41, 5.74) is 0.864. The van der Waals surface area contributed by atoms with E-state index in [4.69, 9.17) is 4.52 Å². The lowest BCUT2D eigenvalue weighted by molar-refractivity contribution is 0.384. The summed E-state index contributed by atoms with van der Waals surface area (Å²) in [5, 5.41) is 6.80. The summed E-state index contributed by atoms with van der Waals surface area (Å²) in [4.78, 5) is 8.14. The molecule has 0 aliphatic heterocycles. The molecule has 15 heavy (non-hydrogen) atoms. The molecule has 0 saturated carbocycles. The van der Waals surface area contributed by atoms with Gasteiger partial charge in [-0.1, -0.05) is 5.16 Å². The molecule has 0 bridgehead atoms. The van der Waals surface area contributed by atoms with E-state index < -0.39 is 0 Å². The van der Waals surface area contributed by atoms with Crippen molar-refractivity contribution in [1.29, 1.82) is 0 Å². The van der Waals surface area contributed by atoms with E-state index in [1.54, 1.807) is 12.4 Å². The van der Waals surface area contributed by atoms with Gasteiger partial charge in [0, 0.05) is 18.5 Å². The first kappa shape index (κ1) is 10.1. The minimum absolute atomic E-state index is 0.530. The molecule has 0 unspecified atom stereocenters. The van der Waals surface area contributed by atoms with Crippen molar-refractivity contribution in [3.8, 4) is 0 Å². The molecule has 0 radical (unpaired) electrons. The van der Waals surface area contributed by atoms with E-state index in [1.807, 2.05) is 13.0 Å². The van der Waals surface area contributed by atoms with Gasteiger partial charge in [-0.05, 0) is 22.9 Å². The number of hydrogen-bond acceptors (Lipinski definition) is 5. The highest BCUT2D eigenvalue weighted by Gasteiger charge is 2.01. The second-order valence-corrected chi connectivity index (χ2v) is 3.93. The van der Waals surface area contributed by atoms with Gasteiger partial charge in [0.25, 0.3) is 0 Å². The number of halogens is 1. The van der Waals surface area contributed by atoms with Crippen LogP contribution in [-0.4, -0.2) is 15.1 Å². The average Bonchev–Trinajstić information content (AvgIpc) is 2.64. The normalized spacial score (nSPS) is 10.3. The molecular weight excluding hydrogens is 260 g/mol. The topological polar surface area (TPSA) is 63.8 Å². The fraction of sp³-hybridized carbons (Fsp3) is 0.222. The maximum absolute atomic E-state index is 5.03. The van der Waals surface area contributed by atoms with Crippen molar-refractivity contribution in [3.63, 3.8) is 0 Å². The first-order valence-electron chi connectivity index (χ1n) is 4.37. The summed E-state index contributed by atoms with van der Waals surface area (Å²) in [5.74, 6) is 1.33. The van der Waals surface area contributed by atoms with Crippen LogP contribution in [0.2, 0.25) is 0 Å². The van der Waals surface area contributed by atoms with Crippen molar-refractivity contribution in [2.45, 2.75) is 13.5 Å². The fourth-order valence-corrected chi connectivity index (χ4v) is 1.27. The Morgan fingerprint density at radius 1 is 1.40 bits per heavy atom. The maximum Gasteiger partial charge on any atom is 0.223 e. The fourth-order valence-electron chi connectivity index (χ4n) is 1.07. The molecule has 0 spiro atoms. The van der Waals surface area contributed by atoms with Crippen molar-refractivity contribution in [2.75, 3.05) is 5.32 Å². The van der Waals surface area contributed by atoms with E-state index in [0.29, 0.717) is 12.5 Å². The number of rotatable bonds is 3. The average molecular weight is 269 g/mol. The van der Waals surface area contributed by atoms with Crippen LogP contribution in [0.25, 0.3) is 0 Å². The summed E-state index contributed by atoms with van der Waals surface area (Å²) >= 11 is 3.26. The van der Waals surface area contributed by atoms with Crippen LogP contribution >= 0.6 is 15.9 Å². The third-order valence-electron chi connectivity index (χ3n) is 1.72. The molecule has 2 rings (SSSR count). The molecule has 0 atom stereocenters. The molecule has 0 fully saturated rings. The van der Waals surface area contributed by atoms with E-state index in [2.05, 4.69) is 36.4 Å². The van der Waals surface area contributed by atoms with E-state index in [0.717, 1.165) is 15.9 Å². The molecule has 2 aromatic heterocycles. The Morgan fingerprint density at radius 2 is 2.13 bits per heavy atom. The van der Waals surface area contributed by atoms with Gasteiger partial charge in [-0.25, -0.2) is 9.97 Å². The highest BCUT2D eigenvalue weighted by molar-refractivity contribution is 9.10. The monoisotopic (exact) mass is 268 g/mol. The molecular formula is C9H9BrN4O. The predicted octanol–water partition coefficient (Wildman–Crippen LogP) is 2.15. The van der Waals surface area contributed by atoms with Gasteiger partial charge in [-0.15, -0.1) is 0 Å². The Morgan fingerprint density at radius 3 is 2.73 bits per heavy atom. The van der Waals surface area contributed by atoms with Gasteiger partial charge in [0.2, 0.25) is 5.95 Å². The van der Waals surface area contributed by atoms with Gasteiger partial charge in [0.1, 0.15) is 0 Å². The second kappa shape index (κ2) is 4.39. The number of nitrogens with one attached hydrogen (secondary N) is 1. The lowest BCUT2D eigenvalue weighted by Gasteiger charge is -2.00. The Kier molecular flexibility index (Phi) is 2.96. The van der Waals surface area contributed by atoms with Crippen LogP contribution in [0.15, 0.2) is 27.5 Å². The van der Waals surface area contributed by atoms with Crippen LogP contribution in [-0.2, 0) is 6.54 Å². The van der Waals surface area contributed by atoms with Crippen LogP contribution in [0.1, 0.15) is 11.5 Å². The number of hydrogen-bond donors (Lipinski definition) is 1. The van der Waals surface area contributed by atoms with Crippen molar-refractivity contribution in [1.82, 2.24) is 15.1 Å². The molecule has 0 aliphatic carbocycles. The van der Waals surface area contributed by atoms with Gasteiger partial charge in [0.15, 0.2) is 5.76 Å². The Hall–Kier alpha value is -1.43. The first-order valence-corrected chi connectivity index (χ1v) is 5.17. The summed E-state index contributed by atoms with van der Waals surface area (Å²) < 4.78 is 5.88. The summed E-state index contributed by atoms with van der Waals surface area (Å²) in [7, 11) is 0. The SMILES string of the molecule is Cc1cc(CNc2ncc(Br)cn2)on1. The smallest absolute Gasteiger partial charge is 0.223 e. The molecule has 0 saturated heterocycles. The largest absolute Gasteiger partial charge is 0.359 e. The standard InChI is InChI=1S/C9H9BrN4O/c1-6-2-8(15-14-6)5-13-9-11-3-7(10)4-12-9/h2-4H,5H2,1H3,(H,11,12,13). The Balaban J connectivity index is 1.96. The second-order valence-electron chi connectivity index (χ2n) is 3.01. The highest BCUT2D eigenvalue weighted by atomic mass is 79.9. The zero-order valence-corrected chi connectivity index (χ0v) is 9.65. The van der Waals surface area contributed by atoms with Crippen LogP contribution in [0, 0.1) is 6.92 Å². The molecule has 2 heterocycles. The zero-order valence-electron chi connectivity index (χ0n) is 8.07. The molecule has 5 nitrogen and oxygen atoms in total. The van der Waals surface area contributed by atoms with Crippen molar-refractivity contribution >= 4 is 21.9 Å². The van der Waals surface area contributed by atoms with Crippen LogP contribution in [0.5, 0.6) is 0 Å². The zero-order chi connectivity index (χ0) is 10.7. The predicted molar refractivity (Wildman–Crippen MR) is 58.3 cm³/mol. The lowest BCUT2D eigenvalue weighted by Crippen LogP contribution is -2.02. The third-order valence-corrected chi connectivity index (χ3v) is 2.13.